The number of nitrogens with zero attached hydrogens (tertiary/aromatic N) is 2. The lowest BCUT2D eigenvalue weighted by Gasteiger charge is -2.13. The summed E-state index contributed by atoms with van der Waals surface area (Å²) in [6.07, 6.45) is 4.49. The number of carbonyl (C=O) groups is 1. The van der Waals surface area contributed by atoms with Crippen LogP contribution in [-0.4, -0.2) is 26.2 Å². The van der Waals surface area contributed by atoms with Gasteiger partial charge in [-0.1, -0.05) is 0 Å². The molecule has 0 radical (unpaired) electrons. The summed E-state index contributed by atoms with van der Waals surface area (Å²) in [5, 5.41) is 23.2. The molecule has 4 rings (SSSR count). The van der Waals surface area contributed by atoms with Gasteiger partial charge >= 0.3 is 5.97 Å². The van der Waals surface area contributed by atoms with Crippen LogP contribution >= 0.6 is 11.3 Å². The van der Waals surface area contributed by atoms with Gasteiger partial charge in [-0.15, -0.1) is 11.3 Å². The zero-order valence-electron chi connectivity index (χ0n) is 13.7. The first-order chi connectivity index (χ1) is 12.0. The van der Waals surface area contributed by atoms with Crippen LogP contribution in [0.5, 0.6) is 5.75 Å². The van der Waals surface area contributed by atoms with Gasteiger partial charge < -0.3 is 15.5 Å². The molecule has 2 heterocycles. The molecule has 1 aliphatic rings. The van der Waals surface area contributed by atoms with Gasteiger partial charge in [-0.3, -0.25) is 0 Å². The van der Waals surface area contributed by atoms with Crippen LogP contribution in [-0.2, 0) is 12.8 Å². The monoisotopic (exact) mass is 355 g/mol. The Labute approximate surface area is 148 Å². The van der Waals surface area contributed by atoms with Gasteiger partial charge in [-0.25, -0.2) is 14.8 Å². The second-order valence-electron chi connectivity index (χ2n) is 6.17. The van der Waals surface area contributed by atoms with Crippen molar-refractivity contribution in [2.45, 2.75) is 32.6 Å². The minimum atomic E-state index is -1.16. The van der Waals surface area contributed by atoms with Crippen LogP contribution in [0.4, 0.5) is 11.5 Å². The molecule has 0 spiro atoms. The van der Waals surface area contributed by atoms with Crippen molar-refractivity contribution in [3.05, 3.63) is 40.0 Å². The molecule has 3 N–H and O–H groups in total. The standard InChI is InChI=1S/C18H17N3O3S/c1-9-19-16(21-10-6-7-11(18(23)24)13(22)8-10)15-12-4-2-3-5-14(12)25-17(15)20-9/h6-8,22H,2-5H2,1H3,(H,23,24)(H,19,20,21). The van der Waals surface area contributed by atoms with E-state index in [1.165, 1.54) is 35.4 Å². The van der Waals surface area contributed by atoms with Crippen molar-refractivity contribution in [1.29, 1.82) is 0 Å². The maximum Gasteiger partial charge on any atom is 0.339 e. The number of anilines is 2. The van der Waals surface area contributed by atoms with Gasteiger partial charge in [0.2, 0.25) is 0 Å². The van der Waals surface area contributed by atoms with Crippen molar-refractivity contribution >= 4 is 39.0 Å². The molecular weight excluding hydrogens is 338 g/mol. The van der Waals surface area contributed by atoms with Crippen molar-refractivity contribution in [3.63, 3.8) is 0 Å². The summed E-state index contributed by atoms with van der Waals surface area (Å²) in [5.41, 5.74) is 1.79. The fraction of sp³-hybridized carbons (Fsp3) is 0.278. The zero-order valence-corrected chi connectivity index (χ0v) is 14.5. The summed E-state index contributed by atoms with van der Waals surface area (Å²) in [4.78, 5) is 22.5. The average molecular weight is 355 g/mol. The number of aryl methyl sites for hydroxylation is 3. The molecule has 6 nitrogen and oxygen atoms in total. The van der Waals surface area contributed by atoms with Crippen LogP contribution in [0.15, 0.2) is 18.2 Å². The molecule has 7 heteroatoms. The van der Waals surface area contributed by atoms with E-state index in [0.717, 1.165) is 23.1 Å². The Hall–Kier alpha value is -2.67. The number of rotatable bonds is 3. The average Bonchev–Trinajstić information content (AvgIpc) is 2.92. The van der Waals surface area contributed by atoms with Crippen molar-refractivity contribution in [1.82, 2.24) is 9.97 Å². The normalized spacial score (nSPS) is 13.6. The molecule has 0 amide bonds. The molecule has 3 aromatic rings. The highest BCUT2D eigenvalue weighted by Crippen LogP contribution is 2.39. The van der Waals surface area contributed by atoms with E-state index in [4.69, 9.17) is 5.11 Å². The second-order valence-corrected chi connectivity index (χ2v) is 7.26. The van der Waals surface area contributed by atoms with Crippen LogP contribution in [0.25, 0.3) is 10.2 Å². The van der Waals surface area contributed by atoms with Crippen molar-refractivity contribution in [3.8, 4) is 5.75 Å². The molecule has 0 bridgehead atoms. The highest BCUT2D eigenvalue weighted by Gasteiger charge is 2.21. The molecule has 0 saturated carbocycles. The number of carboxylic acids is 1. The molecular formula is C18H17N3O3S. The molecule has 0 unspecified atom stereocenters. The van der Waals surface area contributed by atoms with Gasteiger partial charge in [0.15, 0.2) is 0 Å². The van der Waals surface area contributed by atoms with Crippen LogP contribution in [0.1, 0.15) is 39.5 Å². The molecule has 1 aromatic carbocycles. The molecule has 1 aliphatic carbocycles. The van der Waals surface area contributed by atoms with E-state index >= 15 is 0 Å². The number of thiophene rings is 1. The van der Waals surface area contributed by atoms with Gasteiger partial charge in [0.25, 0.3) is 0 Å². The molecule has 0 fully saturated rings. The molecule has 0 aliphatic heterocycles. The predicted octanol–water partition coefficient (Wildman–Crippen LogP) is 4.03. The summed E-state index contributed by atoms with van der Waals surface area (Å²) >= 11 is 1.73. The van der Waals surface area contributed by atoms with Gasteiger partial charge in [-0.2, -0.15) is 0 Å². The summed E-state index contributed by atoms with van der Waals surface area (Å²) < 4.78 is 0. The molecule has 128 valence electrons. The Morgan fingerprint density at radius 1 is 1.24 bits per heavy atom. The third kappa shape index (κ3) is 2.80. The Morgan fingerprint density at radius 2 is 2.04 bits per heavy atom. The molecule has 0 saturated heterocycles. The number of aromatic hydroxyl groups is 1. The Kier molecular flexibility index (Phi) is 3.80. The number of benzene rings is 1. The first-order valence-corrected chi connectivity index (χ1v) is 8.97. The maximum atomic E-state index is 11.0. The van der Waals surface area contributed by atoms with Crippen molar-refractivity contribution < 1.29 is 15.0 Å². The fourth-order valence-corrected chi connectivity index (χ4v) is 4.59. The van der Waals surface area contributed by atoms with Crippen LogP contribution in [0.2, 0.25) is 0 Å². The number of carboxylic acid groups (broad SMARTS) is 1. The highest BCUT2D eigenvalue weighted by atomic mass is 32.1. The Morgan fingerprint density at radius 3 is 2.80 bits per heavy atom. The molecule has 0 atom stereocenters. The first kappa shape index (κ1) is 15.8. The Balaban J connectivity index is 1.80. The number of phenols is 1. The predicted molar refractivity (Wildman–Crippen MR) is 97.1 cm³/mol. The SMILES string of the molecule is Cc1nc(Nc2ccc(C(=O)O)c(O)c2)c2c3c(sc2n1)CCCC3. The number of aromatic nitrogens is 2. The van der Waals surface area contributed by atoms with Crippen molar-refractivity contribution in [2.75, 3.05) is 5.32 Å². The van der Waals surface area contributed by atoms with Crippen LogP contribution < -0.4 is 5.32 Å². The largest absolute Gasteiger partial charge is 0.507 e. The number of hydrogen-bond acceptors (Lipinski definition) is 6. The number of hydrogen-bond donors (Lipinski definition) is 3. The van der Waals surface area contributed by atoms with Gasteiger partial charge in [-0.05, 0) is 50.3 Å². The summed E-state index contributed by atoms with van der Waals surface area (Å²) in [6, 6.07) is 4.42. The molecule has 25 heavy (non-hydrogen) atoms. The minimum absolute atomic E-state index is 0.123. The van der Waals surface area contributed by atoms with Gasteiger partial charge in [0, 0.05) is 16.6 Å². The quantitative estimate of drug-likeness (QED) is 0.657. The lowest BCUT2D eigenvalue weighted by Crippen LogP contribution is -2.03. The topological polar surface area (TPSA) is 95.3 Å². The number of fused-ring (bicyclic) bond motifs is 3. The summed E-state index contributed by atoms with van der Waals surface area (Å²) in [6.45, 7) is 1.86. The smallest absolute Gasteiger partial charge is 0.339 e. The van der Waals surface area contributed by atoms with Gasteiger partial charge in [0.05, 0.1) is 5.39 Å². The van der Waals surface area contributed by atoms with E-state index < -0.39 is 5.97 Å². The number of nitrogens with one attached hydrogen (secondary N) is 1. The minimum Gasteiger partial charge on any atom is -0.507 e. The summed E-state index contributed by atoms with van der Waals surface area (Å²) in [5.74, 6) is -0.0348. The first-order valence-electron chi connectivity index (χ1n) is 8.15. The van der Waals surface area contributed by atoms with E-state index in [-0.39, 0.29) is 11.3 Å². The highest BCUT2D eigenvalue weighted by molar-refractivity contribution is 7.19. The van der Waals surface area contributed by atoms with E-state index in [2.05, 4.69) is 15.3 Å². The van der Waals surface area contributed by atoms with E-state index in [0.29, 0.717) is 17.3 Å². The maximum absolute atomic E-state index is 11.0. The lowest BCUT2D eigenvalue weighted by atomic mass is 9.97. The zero-order chi connectivity index (χ0) is 17.6. The van der Waals surface area contributed by atoms with Gasteiger partial charge in [0.1, 0.15) is 27.8 Å². The molecule has 2 aromatic heterocycles. The fourth-order valence-electron chi connectivity index (χ4n) is 3.28. The summed E-state index contributed by atoms with van der Waals surface area (Å²) in [7, 11) is 0. The van der Waals surface area contributed by atoms with Crippen LogP contribution in [0, 0.1) is 6.92 Å². The van der Waals surface area contributed by atoms with E-state index in [1.54, 1.807) is 17.4 Å². The third-order valence-electron chi connectivity index (χ3n) is 4.42. The lowest BCUT2D eigenvalue weighted by molar-refractivity contribution is 0.0694. The van der Waals surface area contributed by atoms with E-state index in [9.17, 15) is 9.90 Å². The third-order valence-corrected chi connectivity index (χ3v) is 5.60. The van der Waals surface area contributed by atoms with Crippen LogP contribution in [0.3, 0.4) is 0 Å². The van der Waals surface area contributed by atoms with E-state index in [1.807, 2.05) is 6.92 Å². The van der Waals surface area contributed by atoms with Crippen molar-refractivity contribution in [2.24, 2.45) is 0 Å². The second kappa shape index (κ2) is 6.00. The number of aromatic carboxylic acids is 1. The Bertz CT molecular complexity index is 997.